The first-order valence-corrected chi connectivity index (χ1v) is 9.39. The summed E-state index contributed by atoms with van der Waals surface area (Å²) in [6.45, 7) is 5.28. The highest BCUT2D eigenvalue weighted by atomic mass is 35.5. The van der Waals surface area contributed by atoms with E-state index < -0.39 is 18.0 Å². The Morgan fingerprint density at radius 2 is 1.96 bits per heavy atom. The molecule has 5 nitrogen and oxygen atoms in total. The number of hydrogen-bond donors (Lipinski definition) is 2. The highest BCUT2D eigenvalue weighted by Crippen LogP contribution is 2.33. The van der Waals surface area contributed by atoms with Gasteiger partial charge in [-0.15, -0.1) is 11.3 Å². The molecule has 0 aliphatic carbocycles. The van der Waals surface area contributed by atoms with E-state index in [1.807, 2.05) is 13.0 Å². The molecule has 2 aromatic heterocycles. The number of H-pyrrole nitrogens is 1. The largest absolute Gasteiger partial charge is 0.448 e. The molecule has 0 saturated heterocycles. The Bertz CT molecular complexity index is 978. The summed E-state index contributed by atoms with van der Waals surface area (Å²) >= 11 is 13.8. The van der Waals surface area contributed by atoms with E-state index in [2.05, 4.69) is 10.3 Å². The number of anilines is 1. The first-order valence-electron chi connectivity index (χ1n) is 7.82. The van der Waals surface area contributed by atoms with E-state index in [4.69, 9.17) is 27.9 Å². The molecule has 0 spiro atoms. The summed E-state index contributed by atoms with van der Waals surface area (Å²) in [4.78, 5) is 28.8. The van der Waals surface area contributed by atoms with E-state index >= 15 is 0 Å². The zero-order valence-electron chi connectivity index (χ0n) is 14.3. The van der Waals surface area contributed by atoms with Gasteiger partial charge in [0.25, 0.3) is 5.91 Å². The van der Waals surface area contributed by atoms with Crippen molar-refractivity contribution in [2.45, 2.75) is 26.9 Å². The van der Waals surface area contributed by atoms with Crippen molar-refractivity contribution >= 4 is 62.3 Å². The summed E-state index contributed by atoms with van der Waals surface area (Å²) in [5.74, 6) is -1.12. The summed E-state index contributed by atoms with van der Waals surface area (Å²) in [5, 5.41) is 3.28. The van der Waals surface area contributed by atoms with Crippen LogP contribution in [0, 0.1) is 13.8 Å². The van der Waals surface area contributed by atoms with Crippen LogP contribution in [0.5, 0.6) is 0 Å². The standard InChI is InChI=1S/C18H16Cl2N2O3S/c1-8-4-5-11(19)16(15(8)20)22-17(23)10(3)25-18(24)13-7-14-12(21-13)6-9(2)26-14/h4-7,10,21H,1-3H3,(H,22,23). The van der Waals surface area contributed by atoms with Crippen LogP contribution in [0.2, 0.25) is 10.0 Å². The van der Waals surface area contributed by atoms with Gasteiger partial charge in [0.15, 0.2) is 6.10 Å². The summed E-state index contributed by atoms with van der Waals surface area (Å²) in [6, 6.07) is 7.06. The number of carbonyl (C=O) groups is 2. The predicted octanol–water partition coefficient (Wildman–Crippen LogP) is 5.34. The van der Waals surface area contributed by atoms with E-state index in [-0.39, 0.29) is 0 Å². The van der Waals surface area contributed by atoms with Crippen molar-refractivity contribution in [3.05, 3.63) is 50.4 Å². The third-order valence-electron chi connectivity index (χ3n) is 3.83. The number of nitrogens with one attached hydrogen (secondary N) is 2. The second-order valence-corrected chi connectivity index (χ2v) is 7.98. The summed E-state index contributed by atoms with van der Waals surface area (Å²) in [7, 11) is 0. The minimum Gasteiger partial charge on any atom is -0.448 e. The zero-order valence-corrected chi connectivity index (χ0v) is 16.6. The number of benzene rings is 1. The first-order chi connectivity index (χ1) is 12.3. The van der Waals surface area contributed by atoms with Gasteiger partial charge in [0.1, 0.15) is 5.69 Å². The molecule has 0 aliphatic heterocycles. The molecule has 0 fully saturated rings. The predicted molar refractivity (Wildman–Crippen MR) is 106 cm³/mol. The van der Waals surface area contributed by atoms with Crippen molar-refractivity contribution in [2.24, 2.45) is 0 Å². The van der Waals surface area contributed by atoms with Crippen LogP contribution in [0.25, 0.3) is 10.2 Å². The highest BCUT2D eigenvalue weighted by molar-refractivity contribution is 7.19. The van der Waals surface area contributed by atoms with Gasteiger partial charge in [0.05, 0.1) is 25.9 Å². The molecule has 2 N–H and O–H groups in total. The number of aromatic nitrogens is 1. The SMILES string of the molecule is Cc1cc2[nH]c(C(=O)OC(C)C(=O)Nc3c(Cl)ccc(C)c3Cl)cc2s1. The van der Waals surface area contributed by atoms with Crippen molar-refractivity contribution in [2.75, 3.05) is 5.32 Å². The molecule has 136 valence electrons. The van der Waals surface area contributed by atoms with Gasteiger partial charge in [-0.2, -0.15) is 0 Å². The van der Waals surface area contributed by atoms with Gasteiger partial charge in [-0.1, -0.05) is 29.3 Å². The van der Waals surface area contributed by atoms with Crippen molar-refractivity contribution in [1.82, 2.24) is 4.98 Å². The topological polar surface area (TPSA) is 71.2 Å². The summed E-state index contributed by atoms with van der Waals surface area (Å²) in [5.41, 5.74) is 2.25. The maximum absolute atomic E-state index is 12.3. The molecule has 2 heterocycles. The van der Waals surface area contributed by atoms with Crippen LogP contribution in [-0.4, -0.2) is 23.0 Å². The lowest BCUT2D eigenvalue weighted by molar-refractivity contribution is -0.123. The molecule has 26 heavy (non-hydrogen) atoms. The minimum absolute atomic E-state index is 0.303. The van der Waals surface area contributed by atoms with Gasteiger partial charge >= 0.3 is 5.97 Å². The maximum Gasteiger partial charge on any atom is 0.355 e. The third-order valence-corrected chi connectivity index (χ3v) is 5.63. The molecule has 3 rings (SSSR count). The summed E-state index contributed by atoms with van der Waals surface area (Å²) < 4.78 is 6.21. The van der Waals surface area contributed by atoms with E-state index in [0.717, 1.165) is 20.7 Å². The molecule has 1 aromatic carbocycles. The molecule has 1 unspecified atom stereocenters. The lowest BCUT2D eigenvalue weighted by Crippen LogP contribution is -2.30. The fraction of sp³-hybridized carbons (Fsp3) is 0.222. The molecule has 1 amide bonds. The molecule has 8 heteroatoms. The Labute approximate surface area is 164 Å². The second-order valence-electron chi connectivity index (χ2n) is 5.91. The van der Waals surface area contributed by atoms with Gasteiger partial charge in [-0.25, -0.2) is 4.79 Å². The lowest BCUT2D eigenvalue weighted by atomic mass is 10.2. The van der Waals surface area contributed by atoms with Crippen molar-refractivity contribution in [3.63, 3.8) is 0 Å². The number of rotatable bonds is 4. The van der Waals surface area contributed by atoms with Crippen LogP contribution in [-0.2, 0) is 9.53 Å². The van der Waals surface area contributed by atoms with Crippen molar-refractivity contribution in [3.8, 4) is 0 Å². The van der Waals surface area contributed by atoms with Gasteiger partial charge in [0, 0.05) is 4.88 Å². The normalized spacial score (nSPS) is 12.2. The Balaban J connectivity index is 1.70. The number of thiophene rings is 1. The number of ether oxygens (including phenoxy) is 1. The minimum atomic E-state index is -1.02. The van der Waals surface area contributed by atoms with Crippen LogP contribution in [0.1, 0.15) is 27.9 Å². The van der Waals surface area contributed by atoms with Crippen LogP contribution in [0.15, 0.2) is 24.3 Å². The van der Waals surface area contributed by atoms with Crippen LogP contribution in [0.4, 0.5) is 5.69 Å². The van der Waals surface area contributed by atoms with E-state index in [1.165, 1.54) is 6.92 Å². The van der Waals surface area contributed by atoms with Gasteiger partial charge in [-0.3, -0.25) is 4.79 Å². The molecule has 0 aliphatic rings. The molecule has 3 aromatic rings. The molecular formula is C18H16Cl2N2O3S. The molecule has 0 saturated carbocycles. The number of hydrogen-bond acceptors (Lipinski definition) is 4. The van der Waals surface area contributed by atoms with Gasteiger partial charge in [0.2, 0.25) is 0 Å². The Hall–Kier alpha value is -2.02. The average Bonchev–Trinajstić information content (AvgIpc) is 3.12. The number of amides is 1. The summed E-state index contributed by atoms with van der Waals surface area (Å²) in [6.07, 6.45) is -1.02. The average molecular weight is 411 g/mol. The number of aryl methyl sites for hydroxylation is 2. The molecule has 0 radical (unpaired) electrons. The molecular weight excluding hydrogens is 395 g/mol. The highest BCUT2D eigenvalue weighted by Gasteiger charge is 2.22. The number of halogens is 2. The maximum atomic E-state index is 12.3. The number of aromatic amines is 1. The monoisotopic (exact) mass is 410 g/mol. The van der Waals surface area contributed by atoms with E-state index in [0.29, 0.717) is 21.4 Å². The lowest BCUT2D eigenvalue weighted by Gasteiger charge is -2.15. The van der Waals surface area contributed by atoms with Crippen LogP contribution < -0.4 is 5.32 Å². The quantitative estimate of drug-likeness (QED) is 0.570. The second kappa shape index (κ2) is 7.31. The van der Waals surface area contributed by atoms with Crippen molar-refractivity contribution in [1.29, 1.82) is 0 Å². The molecule has 1 atom stereocenters. The Morgan fingerprint density at radius 3 is 2.65 bits per heavy atom. The van der Waals surface area contributed by atoms with Crippen LogP contribution in [0.3, 0.4) is 0 Å². The Kier molecular flexibility index (Phi) is 5.27. The third kappa shape index (κ3) is 3.72. The van der Waals surface area contributed by atoms with E-state index in [1.54, 1.807) is 36.5 Å². The van der Waals surface area contributed by atoms with E-state index in [9.17, 15) is 9.59 Å². The van der Waals surface area contributed by atoms with Gasteiger partial charge < -0.3 is 15.0 Å². The van der Waals surface area contributed by atoms with Crippen molar-refractivity contribution < 1.29 is 14.3 Å². The number of fused-ring (bicyclic) bond motifs is 1. The number of carbonyl (C=O) groups excluding carboxylic acids is 2. The fourth-order valence-corrected chi connectivity index (χ4v) is 3.82. The first kappa shape index (κ1) is 18.8. The fourth-order valence-electron chi connectivity index (χ4n) is 2.43. The zero-order chi connectivity index (χ0) is 19.0. The van der Waals surface area contributed by atoms with Gasteiger partial charge in [-0.05, 0) is 44.5 Å². The van der Waals surface area contributed by atoms with Crippen LogP contribution >= 0.6 is 34.5 Å². The Morgan fingerprint density at radius 1 is 1.23 bits per heavy atom. The number of esters is 1. The molecule has 0 bridgehead atoms. The smallest absolute Gasteiger partial charge is 0.355 e.